The predicted octanol–water partition coefficient (Wildman–Crippen LogP) is 5.02. The molecule has 4 aliphatic heterocycles. The van der Waals surface area contributed by atoms with E-state index in [4.69, 9.17) is 20.9 Å². The molecule has 4 N–H and O–H groups in total. The second kappa shape index (κ2) is 15.5. The number of nitrogens with two attached hydrogens (primary N) is 2. The van der Waals surface area contributed by atoms with Gasteiger partial charge in [-0.3, -0.25) is 14.7 Å². The van der Waals surface area contributed by atoms with Crippen molar-refractivity contribution >= 4 is 23.1 Å². The summed E-state index contributed by atoms with van der Waals surface area (Å²) in [6.07, 6.45) is -4.07. The van der Waals surface area contributed by atoms with Crippen molar-refractivity contribution in [2.45, 2.75) is 64.0 Å². The van der Waals surface area contributed by atoms with Gasteiger partial charge >= 0.3 is 12.2 Å². The molecule has 51 heavy (non-hydrogen) atoms. The van der Waals surface area contributed by atoms with Gasteiger partial charge in [-0.1, -0.05) is 0 Å². The van der Waals surface area contributed by atoms with Crippen molar-refractivity contribution in [2.24, 2.45) is 10.7 Å². The Kier molecular flexibility index (Phi) is 11.5. The number of benzene rings is 1. The molecule has 1 aromatic heterocycles. The van der Waals surface area contributed by atoms with Crippen LogP contribution in [0.3, 0.4) is 0 Å². The summed E-state index contributed by atoms with van der Waals surface area (Å²) in [5, 5.41) is 0. The summed E-state index contributed by atoms with van der Waals surface area (Å²) >= 11 is 0. The number of aliphatic imine (C=N–C) groups is 1. The Labute approximate surface area is 292 Å². The van der Waals surface area contributed by atoms with Crippen LogP contribution in [0.5, 0.6) is 6.01 Å². The van der Waals surface area contributed by atoms with Crippen LogP contribution in [-0.2, 0) is 28.7 Å². The zero-order valence-corrected chi connectivity index (χ0v) is 28.9. The highest BCUT2D eigenvalue weighted by Crippen LogP contribution is 2.42. The van der Waals surface area contributed by atoms with Gasteiger partial charge in [0.2, 0.25) is 0 Å². The third-order valence-corrected chi connectivity index (χ3v) is 9.46. The van der Waals surface area contributed by atoms with Gasteiger partial charge in [0.15, 0.2) is 0 Å². The second-order valence-corrected chi connectivity index (χ2v) is 13.1. The lowest BCUT2D eigenvalue weighted by Crippen LogP contribution is -2.35. The molecule has 2 atom stereocenters. The molecule has 278 valence electrons. The number of methoxy groups -OCH3 is 1. The minimum atomic E-state index is -4.95. The van der Waals surface area contributed by atoms with Gasteiger partial charge in [-0.05, 0) is 56.8 Å². The van der Waals surface area contributed by atoms with Gasteiger partial charge in [0.25, 0.3) is 12.0 Å². The maximum Gasteiger partial charge on any atom is 0.419 e. The summed E-state index contributed by atoms with van der Waals surface area (Å²) in [6, 6.07) is 2.17. The number of carbonyl (C=O) groups is 1. The van der Waals surface area contributed by atoms with Gasteiger partial charge in [-0.2, -0.15) is 31.9 Å². The van der Waals surface area contributed by atoms with E-state index in [9.17, 15) is 31.1 Å². The van der Waals surface area contributed by atoms with Crippen LogP contribution >= 0.6 is 0 Å². The van der Waals surface area contributed by atoms with E-state index in [0.717, 1.165) is 19.0 Å². The number of amides is 1. The van der Waals surface area contributed by atoms with Gasteiger partial charge in [0, 0.05) is 68.6 Å². The van der Waals surface area contributed by atoms with Gasteiger partial charge in [-0.15, -0.1) is 0 Å². The van der Waals surface area contributed by atoms with E-state index >= 15 is 0 Å². The van der Waals surface area contributed by atoms with Gasteiger partial charge in [0.1, 0.15) is 17.3 Å². The molecule has 2 unspecified atom stereocenters. The molecule has 2 aromatic rings. The highest BCUT2D eigenvalue weighted by Gasteiger charge is 2.41. The molecule has 1 aromatic carbocycles. The van der Waals surface area contributed by atoms with E-state index < -0.39 is 35.3 Å². The van der Waals surface area contributed by atoms with Crippen molar-refractivity contribution in [3.63, 3.8) is 0 Å². The molecule has 1 amide bonds. The number of hydrogen-bond donors (Lipinski definition) is 2. The molecule has 0 bridgehead atoms. The van der Waals surface area contributed by atoms with Crippen LogP contribution in [0.15, 0.2) is 40.0 Å². The van der Waals surface area contributed by atoms with E-state index in [2.05, 4.69) is 19.9 Å². The lowest BCUT2D eigenvalue weighted by atomic mass is 9.94. The van der Waals surface area contributed by atoms with Crippen molar-refractivity contribution in [1.29, 1.82) is 0 Å². The predicted molar refractivity (Wildman–Crippen MR) is 179 cm³/mol. The van der Waals surface area contributed by atoms with Gasteiger partial charge in [0.05, 0.1) is 43.3 Å². The molecule has 0 spiro atoms. The number of nitrogens with zero attached hydrogens (tertiary/aromatic N) is 6. The van der Waals surface area contributed by atoms with Crippen LogP contribution in [-0.4, -0.2) is 91.4 Å². The SMILES string of the molecule is COc1nc2c(c(N3CCCN=C(/C(C)=C(\N)C(=O)N(C)C)C3)n1)COC(c1cc(N)cc(F)c1C(F)(F)F)C2.FC(F)=C1CC2CCCN2C1. The molecular weight excluding hydrogens is 682 g/mol. The summed E-state index contributed by atoms with van der Waals surface area (Å²) in [7, 11) is 4.59. The van der Waals surface area contributed by atoms with E-state index in [1.165, 1.54) is 18.4 Å². The molecule has 11 nitrogen and oxygen atoms in total. The number of ether oxygens (including phenoxy) is 2. The number of nitrogen functional groups attached to an aromatic ring is 1. The Morgan fingerprint density at radius 3 is 2.49 bits per heavy atom. The number of halogens is 6. The van der Waals surface area contributed by atoms with Crippen LogP contribution in [0.1, 0.15) is 61.1 Å². The Balaban J connectivity index is 0.000000386. The molecule has 4 aliphatic rings. The molecule has 17 heteroatoms. The smallest absolute Gasteiger partial charge is 0.419 e. The molecule has 5 heterocycles. The van der Waals surface area contributed by atoms with Crippen LogP contribution < -0.4 is 21.1 Å². The maximum absolute atomic E-state index is 14.4. The standard InChI is InChI=1S/C26H31F4N7O3.C8H11F2N/c1-13(22(32)24(38)36(2)3)19-11-37(7-5-6-33-19)23-16-12-40-20(10-18(16)34-25(35-23)39-4)15-8-14(31)9-17(27)21(15)26(28,29)30;9-8(10)6-4-7-2-1-3-11(7)5-6/h8-9,20H,5-7,10-12,31-32H2,1-4H3;7H,1-5H2/b22-13-;. The molecule has 0 saturated carbocycles. The number of fused-ring (bicyclic) bond motifs is 2. The fraction of sp³-hybridized carbons (Fsp3) is 0.529. The third kappa shape index (κ3) is 8.41. The Bertz CT molecular complexity index is 1730. The first-order chi connectivity index (χ1) is 24.1. The number of alkyl halides is 3. The van der Waals surface area contributed by atoms with Crippen LogP contribution in [0, 0.1) is 5.82 Å². The minimum Gasteiger partial charge on any atom is -0.467 e. The number of likely N-dealkylation sites (N-methyl/N-ethyl adjacent to an activating group) is 1. The molecule has 0 radical (unpaired) electrons. The first-order valence-electron chi connectivity index (χ1n) is 16.5. The summed E-state index contributed by atoms with van der Waals surface area (Å²) in [4.78, 5) is 31.4. The number of hydrogen-bond acceptors (Lipinski definition) is 10. The summed E-state index contributed by atoms with van der Waals surface area (Å²) in [6.45, 7) is 4.43. The van der Waals surface area contributed by atoms with Crippen LogP contribution in [0.4, 0.5) is 37.8 Å². The summed E-state index contributed by atoms with van der Waals surface area (Å²) in [5.41, 5.74) is 12.4. The fourth-order valence-corrected chi connectivity index (χ4v) is 6.81. The molecule has 0 aliphatic carbocycles. The Morgan fingerprint density at radius 2 is 1.84 bits per heavy atom. The second-order valence-electron chi connectivity index (χ2n) is 13.1. The third-order valence-electron chi connectivity index (χ3n) is 9.46. The maximum atomic E-state index is 14.4. The van der Waals surface area contributed by atoms with Crippen LogP contribution in [0.2, 0.25) is 0 Å². The monoisotopic (exact) mass is 724 g/mol. The number of anilines is 2. The molecular formula is C34H42F6N8O3. The van der Waals surface area contributed by atoms with Gasteiger partial charge < -0.3 is 30.7 Å². The zero-order chi connectivity index (χ0) is 37.2. The zero-order valence-electron chi connectivity index (χ0n) is 28.9. The Hall–Kier alpha value is -4.38. The number of carbonyl (C=O) groups excluding carboxylic acids is 1. The summed E-state index contributed by atoms with van der Waals surface area (Å²) in [5.74, 6) is -1.34. The van der Waals surface area contributed by atoms with E-state index in [1.807, 2.05) is 4.90 Å². The van der Waals surface area contributed by atoms with Crippen molar-refractivity contribution in [2.75, 3.05) is 64.6 Å². The topological polar surface area (TPSA) is 135 Å². The fourth-order valence-electron chi connectivity index (χ4n) is 6.81. The largest absolute Gasteiger partial charge is 0.467 e. The average Bonchev–Trinajstić information content (AvgIpc) is 3.61. The van der Waals surface area contributed by atoms with E-state index in [1.54, 1.807) is 21.0 Å². The molecule has 6 rings (SSSR count). The van der Waals surface area contributed by atoms with Crippen molar-refractivity contribution < 1.29 is 40.6 Å². The van der Waals surface area contributed by atoms with Crippen LogP contribution in [0.25, 0.3) is 0 Å². The lowest BCUT2D eigenvalue weighted by Gasteiger charge is -2.31. The van der Waals surface area contributed by atoms with Gasteiger partial charge in [-0.25, -0.2) is 4.39 Å². The number of aromatic nitrogens is 2. The number of rotatable bonds is 5. The normalized spacial score (nSPS) is 21.1. The summed E-state index contributed by atoms with van der Waals surface area (Å²) < 4.78 is 91.1. The first-order valence-corrected chi connectivity index (χ1v) is 16.5. The van der Waals surface area contributed by atoms with Crippen molar-refractivity contribution in [3.8, 4) is 6.01 Å². The first kappa shape index (κ1) is 37.9. The van der Waals surface area contributed by atoms with Crippen molar-refractivity contribution in [1.82, 2.24) is 19.8 Å². The Morgan fingerprint density at radius 1 is 1.10 bits per heavy atom. The highest BCUT2D eigenvalue weighted by atomic mass is 19.4. The van der Waals surface area contributed by atoms with E-state index in [-0.39, 0.29) is 42.9 Å². The highest BCUT2D eigenvalue weighted by molar-refractivity contribution is 6.09. The average molecular weight is 725 g/mol. The minimum absolute atomic E-state index is 0.0153. The van der Waals surface area contributed by atoms with E-state index in [0.29, 0.717) is 78.5 Å². The quantitative estimate of drug-likeness (QED) is 0.248. The van der Waals surface area contributed by atoms with Crippen molar-refractivity contribution in [3.05, 3.63) is 63.3 Å². The molecule has 2 fully saturated rings. The molecule has 2 saturated heterocycles. The lowest BCUT2D eigenvalue weighted by molar-refractivity contribution is -0.142.